The number of benzene rings is 2. The number of aliphatic imine (C=N–C) groups is 1. The van der Waals surface area contributed by atoms with Crippen molar-refractivity contribution in [3.8, 4) is 0 Å². The van der Waals surface area contributed by atoms with E-state index >= 15 is 0 Å². The number of carbonyl (C=O) groups excluding carboxylic acids is 1. The van der Waals surface area contributed by atoms with Gasteiger partial charge in [0.15, 0.2) is 5.17 Å². The first-order chi connectivity index (χ1) is 10.9. The van der Waals surface area contributed by atoms with Gasteiger partial charge in [-0.2, -0.15) is 0 Å². The molecule has 0 unspecified atom stereocenters. The van der Waals surface area contributed by atoms with E-state index in [4.69, 9.17) is 46.4 Å². The number of amidine groups is 1. The Kier molecular flexibility index (Phi) is 6.62. The molecule has 2 aromatic rings. The molecule has 23 heavy (non-hydrogen) atoms. The molecule has 0 heterocycles. The highest BCUT2D eigenvalue weighted by molar-refractivity contribution is 8.13. The van der Waals surface area contributed by atoms with Crippen LogP contribution in [0.25, 0.3) is 0 Å². The topological polar surface area (TPSA) is 41.5 Å². The Labute approximate surface area is 158 Å². The van der Waals surface area contributed by atoms with Crippen molar-refractivity contribution in [2.45, 2.75) is 0 Å². The first-order valence-corrected chi connectivity index (χ1v) is 8.98. The molecule has 8 heteroatoms. The Hall–Kier alpha value is -0.910. The van der Waals surface area contributed by atoms with Gasteiger partial charge in [-0.15, -0.1) is 0 Å². The second-order valence-corrected chi connectivity index (χ2v) is 6.75. The fourth-order valence-corrected chi connectivity index (χ4v) is 2.70. The zero-order chi connectivity index (χ0) is 17.0. The van der Waals surface area contributed by atoms with E-state index in [0.29, 0.717) is 36.5 Å². The van der Waals surface area contributed by atoms with E-state index in [1.165, 1.54) is 23.9 Å². The van der Waals surface area contributed by atoms with Crippen LogP contribution in [-0.4, -0.2) is 17.3 Å². The average molecular weight is 408 g/mol. The number of rotatable bonds is 2. The van der Waals surface area contributed by atoms with Gasteiger partial charge >= 0.3 is 0 Å². The molecule has 0 aliphatic heterocycles. The molecule has 0 bridgehead atoms. The Bertz CT molecular complexity index is 763. The summed E-state index contributed by atoms with van der Waals surface area (Å²) in [6, 6.07) is 9.58. The zero-order valence-corrected chi connectivity index (χ0v) is 15.6. The van der Waals surface area contributed by atoms with Crippen LogP contribution in [0.15, 0.2) is 41.4 Å². The molecule has 120 valence electrons. The predicted octanol–water partition coefficient (Wildman–Crippen LogP) is 6.08. The predicted molar refractivity (Wildman–Crippen MR) is 101 cm³/mol. The highest BCUT2D eigenvalue weighted by Gasteiger charge is 2.11. The number of carbonyl (C=O) groups is 1. The second kappa shape index (κ2) is 8.27. The summed E-state index contributed by atoms with van der Waals surface area (Å²) in [5, 5.41) is 4.66. The lowest BCUT2D eigenvalue weighted by molar-refractivity contribution is 0.0978. The quantitative estimate of drug-likeness (QED) is 0.372. The summed E-state index contributed by atoms with van der Waals surface area (Å²) in [6.07, 6.45) is 1.78. The van der Waals surface area contributed by atoms with E-state index in [2.05, 4.69) is 10.3 Å². The van der Waals surface area contributed by atoms with Crippen LogP contribution in [0.1, 0.15) is 10.4 Å². The number of halogens is 4. The maximum absolute atomic E-state index is 12.2. The van der Waals surface area contributed by atoms with Crippen LogP contribution in [0.5, 0.6) is 0 Å². The van der Waals surface area contributed by atoms with Gasteiger partial charge in [0.1, 0.15) is 0 Å². The van der Waals surface area contributed by atoms with Gasteiger partial charge in [0.05, 0.1) is 20.8 Å². The number of hydrogen-bond acceptors (Lipinski definition) is 3. The first kappa shape index (κ1) is 18.4. The molecule has 0 spiro atoms. The van der Waals surface area contributed by atoms with Crippen molar-refractivity contribution in [1.82, 2.24) is 5.32 Å². The summed E-state index contributed by atoms with van der Waals surface area (Å²) in [4.78, 5) is 16.5. The molecule has 0 saturated heterocycles. The summed E-state index contributed by atoms with van der Waals surface area (Å²) in [5.74, 6) is -0.300. The van der Waals surface area contributed by atoms with Crippen LogP contribution >= 0.6 is 58.2 Å². The zero-order valence-electron chi connectivity index (χ0n) is 11.7. The van der Waals surface area contributed by atoms with Crippen LogP contribution in [-0.2, 0) is 0 Å². The normalized spacial score (nSPS) is 11.4. The van der Waals surface area contributed by atoms with E-state index in [1.54, 1.807) is 30.5 Å². The number of thioether (sulfide) groups is 1. The van der Waals surface area contributed by atoms with Gasteiger partial charge in [-0.05, 0) is 42.7 Å². The Balaban J connectivity index is 2.24. The standard InChI is InChI=1S/C15H10Cl4N2OS/c1-23-15(20-13-7-11(18)10(17)6-12(13)19)21-14(22)8-2-4-9(16)5-3-8/h2-7H,1H3,(H,20,21,22). The molecule has 0 aromatic heterocycles. The highest BCUT2D eigenvalue weighted by atomic mass is 35.5. The maximum atomic E-state index is 12.2. The molecule has 0 aliphatic rings. The van der Waals surface area contributed by atoms with Crippen LogP contribution in [0.2, 0.25) is 20.1 Å². The third-order valence-corrected chi connectivity index (χ3v) is 4.59. The Morgan fingerprint density at radius 1 is 1.00 bits per heavy atom. The highest BCUT2D eigenvalue weighted by Crippen LogP contribution is 2.34. The fourth-order valence-electron chi connectivity index (χ4n) is 1.60. The van der Waals surface area contributed by atoms with Crippen LogP contribution in [0.4, 0.5) is 5.69 Å². The van der Waals surface area contributed by atoms with Crippen molar-refractivity contribution in [3.63, 3.8) is 0 Å². The maximum Gasteiger partial charge on any atom is 0.257 e. The second-order valence-electron chi connectivity index (χ2n) is 4.30. The Morgan fingerprint density at radius 2 is 1.61 bits per heavy atom. The van der Waals surface area contributed by atoms with Crippen molar-refractivity contribution >= 4 is 74.9 Å². The van der Waals surface area contributed by atoms with Crippen molar-refractivity contribution in [2.24, 2.45) is 4.99 Å². The molecule has 0 aliphatic carbocycles. The van der Waals surface area contributed by atoms with Gasteiger partial charge in [-0.3, -0.25) is 4.79 Å². The van der Waals surface area contributed by atoms with Crippen LogP contribution in [0.3, 0.4) is 0 Å². The van der Waals surface area contributed by atoms with Gasteiger partial charge in [0.2, 0.25) is 0 Å². The lowest BCUT2D eigenvalue weighted by Gasteiger charge is -2.08. The summed E-state index contributed by atoms with van der Waals surface area (Å²) >= 11 is 25.0. The SMILES string of the molecule is CSC(=Nc1cc(Cl)c(Cl)cc1Cl)NC(=O)c1ccc(Cl)cc1. The van der Waals surface area contributed by atoms with Crippen molar-refractivity contribution < 1.29 is 4.79 Å². The molecule has 0 radical (unpaired) electrons. The van der Waals surface area contributed by atoms with Crippen LogP contribution < -0.4 is 5.32 Å². The number of nitrogens with one attached hydrogen (secondary N) is 1. The smallest absolute Gasteiger partial charge is 0.257 e. The number of nitrogens with zero attached hydrogens (tertiary/aromatic N) is 1. The largest absolute Gasteiger partial charge is 0.301 e. The molecule has 1 N–H and O–H groups in total. The van der Waals surface area contributed by atoms with Crippen molar-refractivity contribution in [3.05, 3.63) is 62.1 Å². The Morgan fingerprint density at radius 3 is 2.22 bits per heavy atom. The van der Waals surface area contributed by atoms with E-state index in [0.717, 1.165) is 0 Å². The monoisotopic (exact) mass is 406 g/mol. The lowest BCUT2D eigenvalue weighted by Crippen LogP contribution is -2.28. The van der Waals surface area contributed by atoms with Crippen molar-refractivity contribution in [1.29, 1.82) is 0 Å². The van der Waals surface area contributed by atoms with Gasteiger partial charge in [-0.25, -0.2) is 4.99 Å². The molecular weight excluding hydrogens is 398 g/mol. The number of amides is 1. The molecule has 0 saturated carbocycles. The summed E-state index contributed by atoms with van der Waals surface area (Å²) in [5.41, 5.74) is 0.887. The minimum absolute atomic E-state index is 0.300. The molecule has 0 fully saturated rings. The van der Waals surface area contributed by atoms with Crippen LogP contribution in [0, 0.1) is 0 Å². The minimum atomic E-state index is -0.300. The summed E-state index contributed by atoms with van der Waals surface area (Å²) in [7, 11) is 0. The third kappa shape index (κ3) is 5.03. The number of hydrogen-bond donors (Lipinski definition) is 1. The van der Waals surface area contributed by atoms with E-state index in [1.807, 2.05) is 0 Å². The lowest BCUT2D eigenvalue weighted by atomic mass is 10.2. The minimum Gasteiger partial charge on any atom is -0.301 e. The van der Waals surface area contributed by atoms with Gasteiger partial charge in [0, 0.05) is 10.6 Å². The first-order valence-electron chi connectivity index (χ1n) is 6.25. The van der Waals surface area contributed by atoms with E-state index < -0.39 is 0 Å². The molecular formula is C15H10Cl4N2OS. The molecule has 1 amide bonds. The van der Waals surface area contributed by atoms with E-state index in [9.17, 15) is 4.79 Å². The summed E-state index contributed by atoms with van der Waals surface area (Å²) in [6.45, 7) is 0. The van der Waals surface area contributed by atoms with Gasteiger partial charge in [0.25, 0.3) is 5.91 Å². The van der Waals surface area contributed by atoms with E-state index in [-0.39, 0.29) is 5.91 Å². The molecule has 0 atom stereocenters. The summed E-state index contributed by atoms with van der Waals surface area (Å²) < 4.78 is 0. The van der Waals surface area contributed by atoms with Crippen molar-refractivity contribution in [2.75, 3.05) is 6.26 Å². The molecule has 3 nitrogen and oxygen atoms in total. The third-order valence-electron chi connectivity index (χ3n) is 2.73. The average Bonchev–Trinajstić information content (AvgIpc) is 2.52. The van der Waals surface area contributed by atoms with Gasteiger partial charge in [-0.1, -0.05) is 58.2 Å². The molecule has 2 rings (SSSR count). The fraction of sp³-hybridized carbons (Fsp3) is 0.0667. The molecule has 2 aromatic carbocycles. The van der Waals surface area contributed by atoms with Gasteiger partial charge < -0.3 is 5.32 Å².